The quantitative estimate of drug-likeness (QED) is 0.622. The van der Waals surface area contributed by atoms with E-state index < -0.39 is 0 Å². The normalized spacial score (nSPS) is 15.9. The monoisotopic (exact) mass is 405 g/mol. The maximum absolute atomic E-state index is 12.6. The van der Waals surface area contributed by atoms with E-state index in [2.05, 4.69) is 16.3 Å². The molecular formula is C24H27N3O3. The molecule has 1 aliphatic heterocycles. The highest BCUT2D eigenvalue weighted by Crippen LogP contribution is 2.27. The van der Waals surface area contributed by atoms with Crippen LogP contribution in [0.25, 0.3) is 0 Å². The molecule has 1 fully saturated rings. The van der Waals surface area contributed by atoms with Crippen molar-refractivity contribution in [2.75, 3.05) is 26.8 Å². The van der Waals surface area contributed by atoms with E-state index in [9.17, 15) is 4.79 Å². The average molecular weight is 405 g/mol. The lowest BCUT2D eigenvalue weighted by atomic mass is 10.0. The standard InChI is InChI=1S/C24H27N3O3/c1-29-21-8-5-9-22(16-21)30-13-11-20-15-23(26-25-20)19-10-12-27(17-19)24(28)14-18-6-3-2-4-7-18/h2-9,15-16,19H,10-14,17H2,1H3,(H,25,26)/t19-/m1/s1. The molecule has 2 aromatic carbocycles. The lowest BCUT2D eigenvalue weighted by molar-refractivity contribution is -0.129. The fourth-order valence-corrected chi connectivity index (χ4v) is 3.80. The van der Waals surface area contributed by atoms with Gasteiger partial charge < -0.3 is 14.4 Å². The van der Waals surface area contributed by atoms with Crippen molar-refractivity contribution in [2.45, 2.75) is 25.2 Å². The van der Waals surface area contributed by atoms with E-state index in [1.54, 1.807) is 7.11 Å². The number of carbonyl (C=O) groups is 1. The van der Waals surface area contributed by atoms with Gasteiger partial charge in [-0.25, -0.2) is 0 Å². The molecule has 1 aromatic heterocycles. The third kappa shape index (κ3) is 5.00. The van der Waals surface area contributed by atoms with Crippen molar-refractivity contribution in [3.8, 4) is 11.5 Å². The summed E-state index contributed by atoms with van der Waals surface area (Å²) >= 11 is 0. The summed E-state index contributed by atoms with van der Waals surface area (Å²) in [5.41, 5.74) is 3.13. The van der Waals surface area contributed by atoms with E-state index in [0.29, 0.717) is 13.0 Å². The Morgan fingerprint density at radius 3 is 2.80 bits per heavy atom. The molecule has 4 rings (SSSR count). The van der Waals surface area contributed by atoms with Crippen LogP contribution in [-0.4, -0.2) is 47.8 Å². The number of nitrogens with one attached hydrogen (secondary N) is 1. The minimum Gasteiger partial charge on any atom is -0.497 e. The second-order valence-corrected chi connectivity index (χ2v) is 7.58. The molecule has 0 unspecified atom stereocenters. The molecule has 3 aromatic rings. The average Bonchev–Trinajstić information content (AvgIpc) is 3.44. The molecule has 1 saturated heterocycles. The van der Waals surface area contributed by atoms with Crippen molar-refractivity contribution in [1.82, 2.24) is 15.1 Å². The van der Waals surface area contributed by atoms with Crippen molar-refractivity contribution >= 4 is 5.91 Å². The Morgan fingerprint density at radius 1 is 1.13 bits per heavy atom. The zero-order valence-corrected chi connectivity index (χ0v) is 17.2. The Labute approximate surface area is 176 Å². The van der Waals surface area contributed by atoms with Crippen LogP contribution in [0.2, 0.25) is 0 Å². The minimum absolute atomic E-state index is 0.186. The molecule has 2 heterocycles. The SMILES string of the molecule is COc1cccc(OCCc2cc([C@@H]3CCN(C(=O)Cc4ccccc4)C3)n[nH]2)c1. The van der Waals surface area contributed by atoms with Crippen LogP contribution in [0.4, 0.5) is 0 Å². The third-order valence-corrected chi connectivity index (χ3v) is 5.49. The maximum Gasteiger partial charge on any atom is 0.227 e. The van der Waals surface area contributed by atoms with Crippen LogP contribution < -0.4 is 9.47 Å². The Hall–Kier alpha value is -3.28. The summed E-state index contributed by atoms with van der Waals surface area (Å²) in [7, 11) is 1.64. The molecule has 1 aliphatic rings. The van der Waals surface area contributed by atoms with Crippen molar-refractivity contribution in [3.05, 3.63) is 77.6 Å². The predicted octanol–water partition coefficient (Wildman–Crippen LogP) is 3.60. The molecular weight excluding hydrogens is 378 g/mol. The highest BCUT2D eigenvalue weighted by atomic mass is 16.5. The Balaban J connectivity index is 1.26. The molecule has 0 radical (unpaired) electrons. The highest BCUT2D eigenvalue weighted by molar-refractivity contribution is 5.79. The van der Waals surface area contributed by atoms with Crippen LogP contribution in [-0.2, 0) is 17.6 Å². The van der Waals surface area contributed by atoms with Gasteiger partial charge in [0.1, 0.15) is 11.5 Å². The second-order valence-electron chi connectivity index (χ2n) is 7.58. The first kappa shape index (κ1) is 20.0. The molecule has 1 atom stereocenters. The fourth-order valence-electron chi connectivity index (χ4n) is 3.80. The summed E-state index contributed by atoms with van der Waals surface area (Å²) < 4.78 is 11.0. The topological polar surface area (TPSA) is 67.5 Å². The Bertz CT molecular complexity index is 971. The number of likely N-dealkylation sites (tertiary alicyclic amines) is 1. The predicted molar refractivity (Wildman–Crippen MR) is 115 cm³/mol. The number of benzene rings is 2. The van der Waals surface area contributed by atoms with Gasteiger partial charge in [-0.3, -0.25) is 9.89 Å². The molecule has 0 spiro atoms. The highest BCUT2D eigenvalue weighted by Gasteiger charge is 2.28. The molecule has 0 aliphatic carbocycles. The molecule has 0 bridgehead atoms. The summed E-state index contributed by atoms with van der Waals surface area (Å²) in [5, 5.41) is 7.61. The summed E-state index contributed by atoms with van der Waals surface area (Å²) in [6.45, 7) is 2.08. The lowest BCUT2D eigenvalue weighted by Gasteiger charge is -2.16. The minimum atomic E-state index is 0.186. The van der Waals surface area contributed by atoms with Crippen LogP contribution in [0.5, 0.6) is 11.5 Å². The number of hydrogen-bond donors (Lipinski definition) is 1. The van der Waals surface area contributed by atoms with Gasteiger partial charge in [0.25, 0.3) is 0 Å². The van der Waals surface area contributed by atoms with Gasteiger partial charge in [-0.05, 0) is 30.2 Å². The summed E-state index contributed by atoms with van der Waals surface area (Å²) in [6, 6.07) is 19.6. The molecule has 1 amide bonds. The Kier molecular flexibility index (Phi) is 6.32. The van der Waals surface area contributed by atoms with Crippen molar-refractivity contribution < 1.29 is 14.3 Å². The first-order chi connectivity index (χ1) is 14.7. The second kappa shape index (κ2) is 9.48. The molecule has 6 nitrogen and oxygen atoms in total. The van der Waals surface area contributed by atoms with Crippen molar-refractivity contribution in [2.24, 2.45) is 0 Å². The van der Waals surface area contributed by atoms with E-state index in [-0.39, 0.29) is 11.8 Å². The van der Waals surface area contributed by atoms with Gasteiger partial charge in [-0.2, -0.15) is 5.10 Å². The first-order valence-corrected chi connectivity index (χ1v) is 10.3. The Morgan fingerprint density at radius 2 is 1.97 bits per heavy atom. The van der Waals surface area contributed by atoms with E-state index in [0.717, 1.165) is 54.4 Å². The van der Waals surface area contributed by atoms with Gasteiger partial charge >= 0.3 is 0 Å². The number of rotatable bonds is 8. The molecule has 30 heavy (non-hydrogen) atoms. The largest absolute Gasteiger partial charge is 0.497 e. The summed E-state index contributed by atoms with van der Waals surface area (Å²) in [5.74, 6) is 2.04. The number of aromatic nitrogens is 2. The van der Waals surface area contributed by atoms with Gasteiger partial charge in [-0.15, -0.1) is 0 Å². The van der Waals surface area contributed by atoms with Crippen molar-refractivity contribution in [3.63, 3.8) is 0 Å². The number of carbonyl (C=O) groups excluding carboxylic acids is 1. The molecule has 156 valence electrons. The number of hydrogen-bond acceptors (Lipinski definition) is 4. The van der Waals surface area contributed by atoms with Crippen LogP contribution in [0, 0.1) is 0 Å². The van der Waals surface area contributed by atoms with Crippen LogP contribution in [0.15, 0.2) is 60.7 Å². The van der Waals surface area contributed by atoms with Gasteiger partial charge in [-0.1, -0.05) is 36.4 Å². The van der Waals surface area contributed by atoms with Gasteiger partial charge in [0.05, 0.1) is 25.8 Å². The molecule has 1 N–H and O–H groups in total. The molecule has 0 saturated carbocycles. The van der Waals surface area contributed by atoms with Gasteiger partial charge in [0, 0.05) is 37.2 Å². The summed E-state index contributed by atoms with van der Waals surface area (Å²) in [4.78, 5) is 14.5. The number of amides is 1. The lowest BCUT2D eigenvalue weighted by Crippen LogP contribution is -2.29. The fraction of sp³-hybridized carbons (Fsp3) is 0.333. The maximum atomic E-state index is 12.6. The smallest absolute Gasteiger partial charge is 0.227 e. The zero-order valence-electron chi connectivity index (χ0n) is 17.2. The van der Waals surface area contributed by atoms with E-state index in [4.69, 9.17) is 9.47 Å². The number of methoxy groups -OCH3 is 1. The number of aromatic amines is 1. The summed E-state index contributed by atoms with van der Waals surface area (Å²) in [6.07, 6.45) is 2.15. The van der Waals surface area contributed by atoms with Crippen molar-refractivity contribution in [1.29, 1.82) is 0 Å². The number of nitrogens with zero attached hydrogens (tertiary/aromatic N) is 2. The van der Waals surface area contributed by atoms with Gasteiger partial charge in [0.2, 0.25) is 5.91 Å². The van der Waals surface area contributed by atoms with E-state index in [1.165, 1.54) is 0 Å². The van der Waals surface area contributed by atoms with E-state index in [1.807, 2.05) is 59.5 Å². The first-order valence-electron chi connectivity index (χ1n) is 10.3. The van der Waals surface area contributed by atoms with E-state index >= 15 is 0 Å². The zero-order chi connectivity index (χ0) is 20.8. The van der Waals surface area contributed by atoms with Crippen LogP contribution in [0.3, 0.4) is 0 Å². The molecule has 6 heteroatoms. The van der Waals surface area contributed by atoms with Crippen LogP contribution in [0.1, 0.15) is 29.3 Å². The van der Waals surface area contributed by atoms with Crippen LogP contribution >= 0.6 is 0 Å². The van der Waals surface area contributed by atoms with Gasteiger partial charge in [0.15, 0.2) is 0 Å². The third-order valence-electron chi connectivity index (χ3n) is 5.49. The number of H-pyrrole nitrogens is 1. The number of ether oxygens (including phenoxy) is 2.